The number of nitrogens with zero attached hydrogens (tertiary/aromatic N) is 2. The summed E-state index contributed by atoms with van der Waals surface area (Å²) in [5.41, 5.74) is 2.35. The first-order valence-corrected chi connectivity index (χ1v) is 8.96. The third-order valence-electron chi connectivity index (χ3n) is 4.62. The number of aryl methyl sites for hydroxylation is 1. The topological polar surface area (TPSA) is 42.0 Å². The molecule has 0 atom stereocenters. The number of rotatable bonds is 6. The Morgan fingerprint density at radius 1 is 1.00 bits per heavy atom. The van der Waals surface area contributed by atoms with Gasteiger partial charge in [0.2, 0.25) is 0 Å². The number of benzene rings is 2. The van der Waals surface area contributed by atoms with Crippen LogP contribution >= 0.6 is 0 Å². The molecule has 0 N–H and O–H groups in total. The van der Waals surface area contributed by atoms with Crippen molar-refractivity contribution < 1.29 is 14.3 Å². The van der Waals surface area contributed by atoms with E-state index < -0.39 is 0 Å². The van der Waals surface area contributed by atoms with Crippen molar-refractivity contribution in [1.82, 2.24) is 9.80 Å². The van der Waals surface area contributed by atoms with E-state index in [0.29, 0.717) is 0 Å². The molecular formula is C21H26N2O3. The van der Waals surface area contributed by atoms with Crippen molar-refractivity contribution in [3.05, 3.63) is 59.7 Å². The monoisotopic (exact) mass is 354 g/mol. The maximum atomic E-state index is 12.4. The van der Waals surface area contributed by atoms with Crippen LogP contribution in [0.4, 0.5) is 0 Å². The lowest BCUT2D eigenvalue weighted by atomic mass is 10.2. The van der Waals surface area contributed by atoms with Gasteiger partial charge in [-0.2, -0.15) is 0 Å². The van der Waals surface area contributed by atoms with E-state index in [9.17, 15) is 4.79 Å². The molecule has 1 aliphatic heterocycles. The van der Waals surface area contributed by atoms with Crippen LogP contribution in [0.5, 0.6) is 11.5 Å². The standard InChI is InChI=1S/C21H26N2O3/c1-17-5-3-8-20(13-17)26-16-21(24)23-11-9-22(10-12-23)15-18-6-4-7-19(14-18)25-2/h3-8,13-14H,9-12,15-16H2,1-2H3. The van der Waals surface area contributed by atoms with Crippen LogP contribution in [0.1, 0.15) is 11.1 Å². The van der Waals surface area contributed by atoms with E-state index in [1.54, 1.807) is 7.11 Å². The molecule has 0 saturated carbocycles. The lowest BCUT2D eigenvalue weighted by Crippen LogP contribution is -2.49. The van der Waals surface area contributed by atoms with E-state index in [1.807, 2.05) is 48.2 Å². The zero-order valence-electron chi connectivity index (χ0n) is 15.5. The predicted octanol–water partition coefficient (Wildman–Crippen LogP) is 2.73. The highest BCUT2D eigenvalue weighted by Gasteiger charge is 2.21. The van der Waals surface area contributed by atoms with Gasteiger partial charge < -0.3 is 14.4 Å². The van der Waals surface area contributed by atoms with Crippen LogP contribution < -0.4 is 9.47 Å². The van der Waals surface area contributed by atoms with Crippen LogP contribution in [0.2, 0.25) is 0 Å². The number of carbonyl (C=O) groups excluding carboxylic acids is 1. The average molecular weight is 354 g/mol. The molecule has 5 heteroatoms. The van der Waals surface area contributed by atoms with Gasteiger partial charge in [-0.05, 0) is 42.3 Å². The quantitative estimate of drug-likeness (QED) is 0.800. The molecule has 0 aliphatic carbocycles. The number of ether oxygens (including phenoxy) is 2. The molecule has 2 aromatic carbocycles. The molecule has 2 aromatic rings. The summed E-state index contributed by atoms with van der Waals surface area (Å²) in [4.78, 5) is 16.6. The summed E-state index contributed by atoms with van der Waals surface area (Å²) < 4.78 is 10.9. The molecule has 5 nitrogen and oxygen atoms in total. The molecule has 1 heterocycles. The van der Waals surface area contributed by atoms with Gasteiger partial charge in [-0.3, -0.25) is 9.69 Å². The zero-order chi connectivity index (χ0) is 18.4. The van der Waals surface area contributed by atoms with Crippen LogP contribution in [0.15, 0.2) is 48.5 Å². The second kappa shape index (κ2) is 8.72. The fourth-order valence-corrected chi connectivity index (χ4v) is 3.13. The SMILES string of the molecule is COc1cccc(CN2CCN(C(=O)COc3cccc(C)c3)CC2)c1. The first kappa shape index (κ1) is 18.3. The molecule has 1 saturated heterocycles. The summed E-state index contributed by atoms with van der Waals surface area (Å²) in [6.45, 7) is 6.19. The highest BCUT2D eigenvalue weighted by Crippen LogP contribution is 2.16. The van der Waals surface area contributed by atoms with Gasteiger partial charge in [-0.1, -0.05) is 24.3 Å². The van der Waals surface area contributed by atoms with E-state index in [-0.39, 0.29) is 12.5 Å². The van der Waals surface area contributed by atoms with E-state index in [1.165, 1.54) is 5.56 Å². The van der Waals surface area contributed by atoms with Crippen LogP contribution in [-0.4, -0.2) is 55.6 Å². The van der Waals surface area contributed by atoms with Crippen molar-refractivity contribution in [1.29, 1.82) is 0 Å². The largest absolute Gasteiger partial charge is 0.497 e. The first-order valence-electron chi connectivity index (χ1n) is 8.96. The van der Waals surface area contributed by atoms with Gasteiger partial charge in [-0.15, -0.1) is 0 Å². The van der Waals surface area contributed by atoms with E-state index in [0.717, 1.165) is 49.8 Å². The van der Waals surface area contributed by atoms with Crippen molar-refractivity contribution in [2.45, 2.75) is 13.5 Å². The minimum atomic E-state index is 0.0486. The van der Waals surface area contributed by atoms with Crippen LogP contribution in [-0.2, 0) is 11.3 Å². The second-order valence-electron chi connectivity index (χ2n) is 6.61. The van der Waals surface area contributed by atoms with Gasteiger partial charge in [0.05, 0.1) is 7.11 Å². The Morgan fingerprint density at radius 2 is 1.73 bits per heavy atom. The van der Waals surface area contributed by atoms with Gasteiger partial charge in [0.25, 0.3) is 5.91 Å². The van der Waals surface area contributed by atoms with Gasteiger partial charge >= 0.3 is 0 Å². The molecule has 138 valence electrons. The molecule has 3 rings (SSSR count). The number of hydrogen-bond donors (Lipinski definition) is 0. The fourth-order valence-electron chi connectivity index (χ4n) is 3.13. The Hall–Kier alpha value is -2.53. The van der Waals surface area contributed by atoms with Crippen molar-refractivity contribution in [2.24, 2.45) is 0 Å². The van der Waals surface area contributed by atoms with Crippen LogP contribution in [0.3, 0.4) is 0 Å². The molecular weight excluding hydrogens is 328 g/mol. The maximum absolute atomic E-state index is 12.4. The third-order valence-corrected chi connectivity index (χ3v) is 4.62. The molecule has 0 bridgehead atoms. The summed E-state index contributed by atoms with van der Waals surface area (Å²) in [5.74, 6) is 1.67. The smallest absolute Gasteiger partial charge is 0.260 e. The normalized spacial score (nSPS) is 14.9. The average Bonchev–Trinajstić information content (AvgIpc) is 2.67. The minimum absolute atomic E-state index is 0.0486. The lowest BCUT2D eigenvalue weighted by molar-refractivity contribution is -0.135. The predicted molar refractivity (Wildman–Crippen MR) is 102 cm³/mol. The summed E-state index contributed by atoms with van der Waals surface area (Å²) >= 11 is 0. The zero-order valence-corrected chi connectivity index (χ0v) is 15.5. The fraction of sp³-hybridized carbons (Fsp3) is 0.381. The molecule has 0 radical (unpaired) electrons. The van der Waals surface area contributed by atoms with E-state index in [2.05, 4.69) is 17.0 Å². The summed E-state index contributed by atoms with van der Waals surface area (Å²) in [5, 5.41) is 0. The van der Waals surface area contributed by atoms with E-state index >= 15 is 0 Å². The van der Waals surface area contributed by atoms with Crippen molar-refractivity contribution in [3.63, 3.8) is 0 Å². The molecule has 0 unspecified atom stereocenters. The van der Waals surface area contributed by atoms with Crippen molar-refractivity contribution in [2.75, 3.05) is 39.9 Å². The van der Waals surface area contributed by atoms with Crippen molar-refractivity contribution >= 4 is 5.91 Å². The number of amides is 1. The van der Waals surface area contributed by atoms with Gasteiger partial charge in [0, 0.05) is 32.7 Å². The molecule has 26 heavy (non-hydrogen) atoms. The Morgan fingerprint density at radius 3 is 2.46 bits per heavy atom. The van der Waals surface area contributed by atoms with Gasteiger partial charge in [-0.25, -0.2) is 0 Å². The van der Waals surface area contributed by atoms with Crippen molar-refractivity contribution in [3.8, 4) is 11.5 Å². The Labute approximate surface area is 155 Å². The number of methoxy groups -OCH3 is 1. The molecule has 0 spiro atoms. The summed E-state index contributed by atoms with van der Waals surface area (Å²) in [7, 11) is 1.68. The number of hydrogen-bond acceptors (Lipinski definition) is 4. The summed E-state index contributed by atoms with van der Waals surface area (Å²) in [6, 6.07) is 15.9. The van der Waals surface area contributed by atoms with Crippen LogP contribution in [0, 0.1) is 6.92 Å². The van der Waals surface area contributed by atoms with Crippen LogP contribution in [0.25, 0.3) is 0 Å². The molecule has 1 fully saturated rings. The highest BCUT2D eigenvalue weighted by atomic mass is 16.5. The lowest BCUT2D eigenvalue weighted by Gasteiger charge is -2.34. The summed E-state index contributed by atoms with van der Waals surface area (Å²) in [6.07, 6.45) is 0. The Kier molecular flexibility index (Phi) is 6.12. The second-order valence-corrected chi connectivity index (χ2v) is 6.61. The Balaban J connectivity index is 1.44. The van der Waals surface area contributed by atoms with Gasteiger partial charge in [0.1, 0.15) is 11.5 Å². The Bertz CT molecular complexity index is 740. The van der Waals surface area contributed by atoms with Gasteiger partial charge in [0.15, 0.2) is 6.61 Å². The first-order chi connectivity index (χ1) is 12.6. The van der Waals surface area contributed by atoms with E-state index in [4.69, 9.17) is 9.47 Å². The highest BCUT2D eigenvalue weighted by molar-refractivity contribution is 5.77. The molecule has 1 amide bonds. The third kappa shape index (κ3) is 4.99. The number of carbonyl (C=O) groups is 1. The number of piperazine rings is 1. The molecule has 0 aromatic heterocycles. The maximum Gasteiger partial charge on any atom is 0.260 e. The minimum Gasteiger partial charge on any atom is -0.497 e. The molecule has 1 aliphatic rings.